The molecule has 40 heavy (non-hydrogen) atoms. The normalized spacial score (nSPS) is 18.3. The van der Waals surface area contributed by atoms with E-state index in [1.807, 2.05) is 4.90 Å². The summed E-state index contributed by atoms with van der Waals surface area (Å²) < 4.78 is 45.2. The van der Waals surface area contributed by atoms with Gasteiger partial charge in [-0.2, -0.15) is 10.4 Å². The number of nitriles is 1. The third kappa shape index (κ3) is 4.74. The molecule has 1 N–H and O–H groups in total. The number of sulfone groups is 1. The number of halogens is 3. The summed E-state index contributed by atoms with van der Waals surface area (Å²) in [4.78, 5) is 10.4. The van der Waals surface area contributed by atoms with Gasteiger partial charge in [0.05, 0.1) is 32.6 Å². The number of fused-ring (bicyclic) bond motifs is 1. The average Bonchev–Trinajstić information content (AvgIpc) is 3.28. The second-order valence-electron chi connectivity index (χ2n) is 10.4. The highest BCUT2D eigenvalue weighted by Gasteiger charge is 2.48. The molecule has 9 nitrogen and oxygen atoms in total. The van der Waals surface area contributed by atoms with E-state index in [0.717, 1.165) is 6.42 Å². The van der Waals surface area contributed by atoms with Gasteiger partial charge in [-0.15, -0.1) is 0 Å². The molecule has 3 aromatic heterocycles. The van der Waals surface area contributed by atoms with Gasteiger partial charge in [0.15, 0.2) is 21.4 Å². The van der Waals surface area contributed by atoms with E-state index in [0.29, 0.717) is 68.7 Å². The molecular weight excluding hydrogens is 578 g/mol. The first-order valence-electron chi connectivity index (χ1n) is 12.6. The molecule has 0 amide bonds. The van der Waals surface area contributed by atoms with Gasteiger partial charge in [0, 0.05) is 59.7 Å². The number of aromatic nitrogens is 4. The van der Waals surface area contributed by atoms with Crippen molar-refractivity contribution < 1.29 is 17.5 Å². The minimum atomic E-state index is -3.04. The molecule has 13 heteroatoms. The van der Waals surface area contributed by atoms with Crippen molar-refractivity contribution in [1.82, 2.24) is 20.2 Å². The van der Waals surface area contributed by atoms with Gasteiger partial charge >= 0.3 is 0 Å². The van der Waals surface area contributed by atoms with Gasteiger partial charge in [-0.25, -0.2) is 17.8 Å². The van der Waals surface area contributed by atoms with E-state index in [4.69, 9.17) is 27.9 Å². The molecule has 0 bridgehead atoms. The predicted molar refractivity (Wildman–Crippen MR) is 150 cm³/mol. The molecule has 0 radical (unpaired) electrons. The molecule has 4 aromatic rings. The zero-order valence-electron chi connectivity index (χ0n) is 21.3. The van der Waals surface area contributed by atoms with Crippen LogP contribution in [0.4, 0.5) is 10.2 Å². The Balaban J connectivity index is 1.29. The van der Waals surface area contributed by atoms with Crippen molar-refractivity contribution in [3.05, 3.63) is 63.8 Å². The van der Waals surface area contributed by atoms with Gasteiger partial charge in [-0.3, -0.25) is 10.1 Å². The zero-order valence-corrected chi connectivity index (χ0v) is 23.6. The van der Waals surface area contributed by atoms with E-state index in [2.05, 4.69) is 26.2 Å². The lowest BCUT2D eigenvalue weighted by molar-refractivity contribution is 0.215. The Morgan fingerprint density at radius 3 is 2.65 bits per heavy atom. The van der Waals surface area contributed by atoms with Crippen LogP contribution in [0.25, 0.3) is 22.2 Å². The number of benzene rings is 1. The van der Waals surface area contributed by atoms with Gasteiger partial charge in [-0.05, 0) is 31.9 Å². The van der Waals surface area contributed by atoms with Crippen molar-refractivity contribution in [2.45, 2.75) is 25.9 Å². The summed E-state index contributed by atoms with van der Waals surface area (Å²) in [6.45, 7) is 2.79. The number of H-pyrrole nitrogens is 1. The van der Waals surface area contributed by atoms with E-state index in [9.17, 15) is 18.1 Å². The monoisotopic (exact) mass is 600 g/mol. The summed E-state index contributed by atoms with van der Waals surface area (Å²) in [5.41, 5.74) is 2.04. The van der Waals surface area contributed by atoms with E-state index < -0.39 is 21.8 Å². The Kier molecular flexibility index (Phi) is 6.60. The Bertz CT molecular complexity index is 1780. The quantitative estimate of drug-likeness (QED) is 0.318. The number of ether oxygens (including phenoxy) is 1. The van der Waals surface area contributed by atoms with Crippen LogP contribution in [-0.4, -0.2) is 53.2 Å². The molecule has 206 valence electrons. The van der Waals surface area contributed by atoms with Crippen molar-refractivity contribution in [2.75, 3.05) is 29.5 Å². The summed E-state index contributed by atoms with van der Waals surface area (Å²) >= 11 is 12.5. The summed E-state index contributed by atoms with van der Waals surface area (Å²) in [7, 11) is -3.04. The maximum absolute atomic E-state index is 15.0. The molecular formula is C27H23Cl2FN6O3S. The van der Waals surface area contributed by atoms with Crippen LogP contribution in [0.2, 0.25) is 10.0 Å². The summed E-state index contributed by atoms with van der Waals surface area (Å²) in [5.74, 6) is 0.302. The molecule has 2 fully saturated rings. The van der Waals surface area contributed by atoms with Gasteiger partial charge in [0.1, 0.15) is 23.7 Å². The van der Waals surface area contributed by atoms with Crippen molar-refractivity contribution in [3.63, 3.8) is 0 Å². The third-order valence-electron chi connectivity index (χ3n) is 7.52. The molecule has 0 aliphatic carbocycles. The fraction of sp³-hybridized carbons (Fsp3) is 0.333. The minimum absolute atomic E-state index is 0.0232. The van der Waals surface area contributed by atoms with Crippen LogP contribution in [-0.2, 0) is 9.84 Å². The van der Waals surface area contributed by atoms with Crippen molar-refractivity contribution in [3.8, 4) is 23.1 Å². The first-order valence-corrected chi connectivity index (χ1v) is 15.1. The van der Waals surface area contributed by atoms with Crippen LogP contribution in [0.15, 0.2) is 36.8 Å². The lowest BCUT2D eigenvalue weighted by Crippen LogP contribution is -2.61. The van der Waals surface area contributed by atoms with Crippen LogP contribution in [0.5, 0.6) is 5.75 Å². The highest BCUT2D eigenvalue weighted by Crippen LogP contribution is 2.43. The van der Waals surface area contributed by atoms with Crippen molar-refractivity contribution in [2.24, 2.45) is 5.41 Å². The van der Waals surface area contributed by atoms with Crippen molar-refractivity contribution in [1.29, 1.82) is 5.26 Å². The Hall–Kier alpha value is -3.46. The highest BCUT2D eigenvalue weighted by molar-refractivity contribution is 7.91. The van der Waals surface area contributed by atoms with Crippen LogP contribution >= 0.6 is 23.2 Å². The topological polar surface area (TPSA) is 125 Å². The molecule has 0 unspecified atom stereocenters. The lowest BCUT2D eigenvalue weighted by atomic mass is 9.77. The van der Waals surface area contributed by atoms with Gasteiger partial charge in [0.25, 0.3) is 0 Å². The van der Waals surface area contributed by atoms with E-state index in [1.165, 1.54) is 24.5 Å². The molecule has 6 rings (SSSR count). The molecule has 2 saturated heterocycles. The fourth-order valence-corrected chi connectivity index (χ4v) is 8.41. The first kappa shape index (κ1) is 26.7. The number of anilines is 1. The predicted octanol–water partition coefficient (Wildman–Crippen LogP) is 5.49. The lowest BCUT2D eigenvalue weighted by Gasteiger charge is -2.52. The number of rotatable bonds is 5. The molecule has 1 atom stereocenters. The second-order valence-corrected chi connectivity index (χ2v) is 13.4. The third-order valence-corrected chi connectivity index (χ3v) is 10.1. The maximum Gasteiger partial charge on any atom is 0.167 e. The van der Waals surface area contributed by atoms with Crippen LogP contribution < -0.4 is 9.64 Å². The Morgan fingerprint density at radius 1 is 1.20 bits per heavy atom. The Labute approximate surface area is 239 Å². The van der Waals surface area contributed by atoms with E-state index in [-0.39, 0.29) is 22.7 Å². The highest BCUT2D eigenvalue weighted by atomic mass is 35.5. The van der Waals surface area contributed by atoms with E-state index in [1.54, 1.807) is 19.2 Å². The molecule has 1 spiro atoms. The number of nitrogens with one attached hydrogen (secondary N) is 1. The minimum Gasteiger partial charge on any atom is -0.483 e. The number of hydrogen-bond acceptors (Lipinski definition) is 8. The van der Waals surface area contributed by atoms with Gasteiger partial charge < -0.3 is 9.64 Å². The Morgan fingerprint density at radius 2 is 1.95 bits per heavy atom. The number of pyridine rings is 2. The standard InChI is InChI=1S/C27H23Cl2FN6O3S/c1-15(24-19(28)10-32-11-20(24)29)39-23-6-18-22(7-21(23)30)34-35-25(18)17-5-16(8-31)26(33-9-17)36-12-27(13-36)3-2-4-40(37,38)14-27/h5-7,9-11,15H,2-4,12-14H2,1H3,(H,34,35)/t15-/m1/s1. The summed E-state index contributed by atoms with van der Waals surface area (Å²) in [6.07, 6.45) is 5.33. The van der Waals surface area contributed by atoms with Gasteiger partial charge in [-0.1, -0.05) is 23.2 Å². The van der Waals surface area contributed by atoms with Crippen LogP contribution in [0.3, 0.4) is 0 Å². The molecule has 2 aliphatic heterocycles. The first-order chi connectivity index (χ1) is 19.1. The molecule has 2 aliphatic rings. The largest absolute Gasteiger partial charge is 0.483 e. The van der Waals surface area contributed by atoms with Crippen LogP contribution in [0.1, 0.15) is 37.0 Å². The maximum atomic E-state index is 15.0. The van der Waals surface area contributed by atoms with Crippen LogP contribution in [0, 0.1) is 22.6 Å². The number of aromatic amines is 1. The SMILES string of the molecule is C[C@@H](Oc1cc2c(-c3cnc(N4CC5(CCCS(=O)(=O)C5)C4)c(C#N)c3)n[nH]c2cc1F)c1c(Cl)cncc1Cl. The zero-order chi connectivity index (χ0) is 28.2. The van der Waals surface area contributed by atoms with Gasteiger partial charge in [0.2, 0.25) is 0 Å². The second kappa shape index (κ2) is 9.87. The van der Waals surface area contributed by atoms with E-state index >= 15 is 0 Å². The molecule has 5 heterocycles. The molecule has 1 aromatic carbocycles. The number of nitrogens with zero attached hydrogens (tertiary/aromatic N) is 5. The average molecular weight is 601 g/mol. The smallest absolute Gasteiger partial charge is 0.167 e. The summed E-state index contributed by atoms with van der Waals surface area (Å²) in [5, 5.41) is 18.3. The summed E-state index contributed by atoms with van der Waals surface area (Å²) in [6, 6.07) is 6.71. The van der Waals surface area contributed by atoms with Crippen molar-refractivity contribution >= 4 is 49.8 Å². The number of hydrogen-bond donors (Lipinski definition) is 1. The fourth-order valence-electron chi connectivity index (χ4n) is 5.75. The molecule has 0 saturated carbocycles.